The van der Waals surface area contributed by atoms with Crippen molar-refractivity contribution in [1.82, 2.24) is 4.57 Å². The van der Waals surface area contributed by atoms with Crippen LogP contribution in [0.15, 0.2) is 24.4 Å². The number of allylic oxidation sites excluding steroid dienone is 1. The fourth-order valence-corrected chi connectivity index (χ4v) is 1.70. The molecular weight excluding hydrogens is 158 g/mol. The Morgan fingerprint density at radius 3 is 2.92 bits per heavy atom. The molecule has 1 aromatic rings. The van der Waals surface area contributed by atoms with Crippen molar-refractivity contribution in [1.29, 1.82) is 0 Å². The van der Waals surface area contributed by atoms with E-state index in [1.54, 1.807) is 0 Å². The summed E-state index contributed by atoms with van der Waals surface area (Å²) in [6.45, 7) is 6.24. The van der Waals surface area contributed by atoms with Gasteiger partial charge >= 0.3 is 0 Å². The summed E-state index contributed by atoms with van der Waals surface area (Å²) in [6.07, 6.45) is 9.06. The molecule has 72 valence electrons. The summed E-state index contributed by atoms with van der Waals surface area (Å²) < 4.78 is 2.36. The first-order valence-electron chi connectivity index (χ1n) is 5.25. The quantitative estimate of drug-likeness (QED) is 0.613. The van der Waals surface area contributed by atoms with Crippen LogP contribution in [0.5, 0.6) is 0 Å². The Morgan fingerprint density at radius 1 is 1.46 bits per heavy atom. The van der Waals surface area contributed by atoms with Crippen LogP contribution in [-0.2, 0) is 0 Å². The molecule has 1 aliphatic rings. The van der Waals surface area contributed by atoms with Crippen LogP contribution in [0.4, 0.5) is 0 Å². The lowest BCUT2D eigenvalue weighted by molar-refractivity contribution is 0.484. The average molecular weight is 177 g/mol. The molecule has 0 fully saturated rings. The van der Waals surface area contributed by atoms with Gasteiger partial charge in [0.2, 0.25) is 0 Å². The first-order valence-corrected chi connectivity index (χ1v) is 5.25. The fourth-order valence-electron chi connectivity index (χ4n) is 1.70. The highest BCUT2D eigenvalue weighted by atomic mass is 15.0. The zero-order valence-electron chi connectivity index (χ0n) is 8.83. The van der Waals surface area contributed by atoms with Gasteiger partial charge in [0.1, 0.15) is 0 Å². The molecule has 2 rings (SSSR count). The second-order valence-corrected chi connectivity index (χ2v) is 3.04. The van der Waals surface area contributed by atoms with E-state index in [1.807, 2.05) is 13.8 Å². The third-order valence-corrected chi connectivity index (χ3v) is 2.37. The maximum atomic E-state index is 2.36. The van der Waals surface area contributed by atoms with Crippen LogP contribution in [0.3, 0.4) is 0 Å². The Kier molecular flexibility index (Phi) is 3.81. The van der Waals surface area contributed by atoms with Crippen molar-refractivity contribution in [3.63, 3.8) is 0 Å². The molecule has 0 aromatic carbocycles. The Hall–Kier alpha value is -0.980. The van der Waals surface area contributed by atoms with Gasteiger partial charge in [0, 0.05) is 17.9 Å². The largest absolute Gasteiger partial charge is 0.345 e. The van der Waals surface area contributed by atoms with Crippen LogP contribution >= 0.6 is 0 Å². The van der Waals surface area contributed by atoms with Gasteiger partial charge in [-0.2, -0.15) is 0 Å². The lowest BCUT2D eigenvalue weighted by Crippen LogP contribution is -2.10. The number of hydrogen-bond donors (Lipinski definition) is 0. The van der Waals surface area contributed by atoms with Gasteiger partial charge in [0.05, 0.1) is 0 Å². The Bertz CT molecular complexity index is 270. The van der Waals surface area contributed by atoms with Crippen molar-refractivity contribution in [2.24, 2.45) is 0 Å². The van der Waals surface area contributed by atoms with Crippen molar-refractivity contribution in [3.8, 4) is 0 Å². The third-order valence-electron chi connectivity index (χ3n) is 2.37. The van der Waals surface area contributed by atoms with Crippen LogP contribution in [0, 0.1) is 0 Å². The highest BCUT2D eigenvalue weighted by Gasteiger charge is 2.11. The lowest BCUT2D eigenvalue weighted by atomic mass is 10.1. The van der Waals surface area contributed by atoms with Crippen molar-refractivity contribution < 1.29 is 0 Å². The molecule has 0 saturated carbocycles. The Morgan fingerprint density at radius 2 is 2.23 bits per heavy atom. The molecule has 1 nitrogen and oxygen atoms in total. The summed E-state index contributed by atoms with van der Waals surface area (Å²) in [5.74, 6) is 0. The molecule has 1 unspecified atom stereocenters. The second-order valence-electron chi connectivity index (χ2n) is 3.04. The zero-order valence-corrected chi connectivity index (χ0v) is 8.83. The summed E-state index contributed by atoms with van der Waals surface area (Å²) in [5.41, 5.74) is 1.35. The lowest BCUT2D eigenvalue weighted by Gasteiger charge is -2.20. The van der Waals surface area contributed by atoms with E-state index in [0.717, 1.165) is 0 Å². The highest BCUT2D eigenvalue weighted by molar-refractivity contribution is 5.47. The third kappa shape index (κ3) is 2.03. The number of aromatic nitrogens is 1. The number of rotatable bonds is 1. The standard InChI is InChI=1S/C10H13N.C2H6/c1-2-9-5-3-6-10-7-4-8-11(9)10;1-2/h3-4,6-9H,2,5H2,1H3;1-2H3. The monoisotopic (exact) mass is 177 g/mol. The van der Waals surface area contributed by atoms with E-state index < -0.39 is 0 Å². The van der Waals surface area contributed by atoms with E-state index in [2.05, 4.69) is 42.0 Å². The normalized spacial score (nSPS) is 18.8. The van der Waals surface area contributed by atoms with Gasteiger partial charge in [-0.15, -0.1) is 0 Å². The molecule has 0 saturated heterocycles. The minimum Gasteiger partial charge on any atom is -0.345 e. The molecule has 0 radical (unpaired) electrons. The van der Waals surface area contributed by atoms with E-state index in [0.29, 0.717) is 6.04 Å². The molecule has 13 heavy (non-hydrogen) atoms. The van der Waals surface area contributed by atoms with E-state index in [9.17, 15) is 0 Å². The number of hydrogen-bond acceptors (Lipinski definition) is 0. The first kappa shape index (κ1) is 10.1. The average Bonchev–Trinajstić information content (AvgIpc) is 2.68. The molecule has 0 N–H and O–H groups in total. The van der Waals surface area contributed by atoms with E-state index in [-0.39, 0.29) is 0 Å². The molecule has 0 aliphatic carbocycles. The molecular formula is C12H19N. The summed E-state index contributed by atoms with van der Waals surface area (Å²) in [6, 6.07) is 4.98. The van der Waals surface area contributed by atoms with Gasteiger partial charge in [-0.1, -0.05) is 26.8 Å². The summed E-state index contributed by atoms with van der Waals surface area (Å²) >= 11 is 0. The maximum absolute atomic E-state index is 2.36. The number of fused-ring (bicyclic) bond motifs is 1. The topological polar surface area (TPSA) is 4.93 Å². The van der Waals surface area contributed by atoms with E-state index in [4.69, 9.17) is 0 Å². The van der Waals surface area contributed by atoms with Crippen LogP contribution in [0.1, 0.15) is 45.3 Å². The van der Waals surface area contributed by atoms with Gasteiger partial charge in [-0.25, -0.2) is 0 Å². The molecule has 1 aliphatic heterocycles. The van der Waals surface area contributed by atoms with E-state index >= 15 is 0 Å². The van der Waals surface area contributed by atoms with Crippen LogP contribution in [-0.4, -0.2) is 4.57 Å². The molecule has 1 aromatic heterocycles. The summed E-state index contributed by atoms with van der Waals surface area (Å²) in [7, 11) is 0. The van der Waals surface area contributed by atoms with Crippen LogP contribution in [0.2, 0.25) is 0 Å². The van der Waals surface area contributed by atoms with Gasteiger partial charge in [-0.3, -0.25) is 0 Å². The molecule has 0 bridgehead atoms. The van der Waals surface area contributed by atoms with Gasteiger partial charge < -0.3 is 4.57 Å². The van der Waals surface area contributed by atoms with Gasteiger partial charge in [0.15, 0.2) is 0 Å². The van der Waals surface area contributed by atoms with Crippen molar-refractivity contribution in [3.05, 3.63) is 30.1 Å². The summed E-state index contributed by atoms with van der Waals surface area (Å²) in [4.78, 5) is 0. The molecule has 0 spiro atoms. The predicted octanol–water partition coefficient (Wildman–Crippen LogP) is 3.88. The van der Waals surface area contributed by atoms with Gasteiger partial charge in [-0.05, 0) is 31.1 Å². The van der Waals surface area contributed by atoms with Crippen LogP contribution < -0.4 is 0 Å². The molecule has 1 atom stereocenters. The smallest absolute Gasteiger partial charge is 0.0406 e. The summed E-state index contributed by atoms with van der Waals surface area (Å²) in [5, 5.41) is 0. The second kappa shape index (κ2) is 4.90. The molecule has 2 heterocycles. The number of nitrogens with zero attached hydrogens (tertiary/aromatic N) is 1. The van der Waals surface area contributed by atoms with Crippen molar-refractivity contribution in [2.45, 2.75) is 39.7 Å². The fraction of sp³-hybridized carbons (Fsp3) is 0.500. The highest BCUT2D eigenvalue weighted by Crippen LogP contribution is 2.24. The Balaban J connectivity index is 0.000000396. The maximum Gasteiger partial charge on any atom is 0.0406 e. The predicted molar refractivity (Wildman–Crippen MR) is 58.8 cm³/mol. The van der Waals surface area contributed by atoms with Crippen LogP contribution in [0.25, 0.3) is 6.08 Å². The van der Waals surface area contributed by atoms with E-state index in [1.165, 1.54) is 18.5 Å². The molecule has 0 amide bonds. The first-order chi connectivity index (χ1) is 6.42. The minimum atomic E-state index is 0.699. The van der Waals surface area contributed by atoms with Gasteiger partial charge in [0.25, 0.3) is 0 Å². The Labute approximate surface area is 81.1 Å². The van der Waals surface area contributed by atoms with Crippen molar-refractivity contribution in [2.75, 3.05) is 0 Å². The SMILES string of the molecule is CC.CCC1CC=Cc2cccn21. The minimum absolute atomic E-state index is 0.699. The van der Waals surface area contributed by atoms with Crippen molar-refractivity contribution >= 4 is 6.08 Å². The zero-order chi connectivity index (χ0) is 9.68. The molecule has 1 heteroatoms.